The Bertz CT molecular complexity index is 368. The molecule has 0 fully saturated rings. The number of hydrogen-bond donors (Lipinski definition) is 1. The molecule has 1 aromatic rings. The van der Waals surface area contributed by atoms with Crippen LogP contribution in [0.2, 0.25) is 0 Å². The summed E-state index contributed by atoms with van der Waals surface area (Å²) >= 11 is 0. The largest absolute Gasteiger partial charge is 0.475 e. The van der Waals surface area contributed by atoms with Gasteiger partial charge in [-0.3, -0.25) is 0 Å². The Labute approximate surface area is 90.5 Å². The number of rotatable bonds is 4. The second-order valence-corrected chi connectivity index (χ2v) is 3.46. The van der Waals surface area contributed by atoms with Gasteiger partial charge >= 0.3 is 0 Å². The molecule has 1 rings (SSSR count). The minimum absolute atomic E-state index is 0.391. The molecule has 1 aromatic carbocycles. The first kappa shape index (κ1) is 11.5. The van der Waals surface area contributed by atoms with Crippen molar-refractivity contribution in [2.24, 2.45) is 5.73 Å². The average Bonchev–Trinajstić information content (AvgIpc) is 2.27. The van der Waals surface area contributed by atoms with E-state index >= 15 is 0 Å². The lowest BCUT2D eigenvalue weighted by atomic mass is 10.1. The van der Waals surface area contributed by atoms with E-state index in [9.17, 15) is 0 Å². The monoisotopic (exact) mass is 204 g/mol. The van der Waals surface area contributed by atoms with Crippen molar-refractivity contribution in [1.29, 1.82) is 5.26 Å². The van der Waals surface area contributed by atoms with Crippen LogP contribution in [0.15, 0.2) is 18.2 Å². The number of ether oxygens (including phenoxy) is 1. The highest BCUT2D eigenvalue weighted by Crippen LogP contribution is 2.21. The van der Waals surface area contributed by atoms with Gasteiger partial charge in [-0.15, -0.1) is 0 Å². The molecule has 80 valence electrons. The van der Waals surface area contributed by atoms with E-state index < -0.39 is 6.10 Å². The fourth-order valence-electron chi connectivity index (χ4n) is 1.34. The summed E-state index contributed by atoms with van der Waals surface area (Å²) in [5, 5.41) is 8.80. The topological polar surface area (TPSA) is 59.0 Å². The molecule has 0 spiro atoms. The maximum Gasteiger partial charge on any atom is 0.184 e. The third kappa shape index (κ3) is 2.97. The van der Waals surface area contributed by atoms with E-state index in [2.05, 4.69) is 6.07 Å². The van der Waals surface area contributed by atoms with Crippen LogP contribution in [-0.4, -0.2) is 6.10 Å². The zero-order chi connectivity index (χ0) is 11.3. The van der Waals surface area contributed by atoms with Gasteiger partial charge in [-0.25, -0.2) is 0 Å². The summed E-state index contributed by atoms with van der Waals surface area (Å²) in [6.45, 7) is 4.35. The van der Waals surface area contributed by atoms with Crippen molar-refractivity contribution in [3.8, 4) is 11.8 Å². The fourth-order valence-corrected chi connectivity index (χ4v) is 1.34. The zero-order valence-electron chi connectivity index (χ0n) is 9.16. The molecule has 0 aliphatic heterocycles. The molecule has 0 aliphatic carbocycles. The van der Waals surface area contributed by atoms with Crippen LogP contribution in [0.3, 0.4) is 0 Å². The molecule has 1 atom stereocenters. The predicted molar refractivity (Wildman–Crippen MR) is 59.4 cm³/mol. The quantitative estimate of drug-likeness (QED) is 0.817. The second kappa shape index (κ2) is 5.38. The highest BCUT2D eigenvalue weighted by molar-refractivity contribution is 5.37. The van der Waals surface area contributed by atoms with Crippen molar-refractivity contribution in [2.45, 2.75) is 32.9 Å². The first-order valence-corrected chi connectivity index (χ1v) is 5.07. The Morgan fingerprint density at radius 3 is 2.80 bits per heavy atom. The Morgan fingerprint density at radius 2 is 2.27 bits per heavy atom. The van der Waals surface area contributed by atoms with E-state index in [1.807, 2.05) is 32.0 Å². The fraction of sp³-hybridized carbons (Fsp3) is 0.417. The van der Waals surface area contributed by atoms with Crippen LogP contribution in [0, 0.1) is 18.3 Å². The highest BCUT2D eigenvalue weighted by Gasteiger charge is 2.09. The van der Waals surface area contributed by atoms with Gasteiger partial charge in [-0.2, -0.15) is 5.26 Å². The summed E-state index contributed by atoms with van der Waals surface area (Å²) in [6.07, 6.45) is 0.284. The third-order valence-corrected chi connectivity index (χ3v) is 2.22. The molecule has 0 amide bonds. The van der Waals surface area contributed by atoms with Crippen molar-refractivity contribution >= 4 is 0 Å². The van der Waals surface area contributed by atoms with Crippen LogP contribution in [0.5, 0.6) is 5.75 Å². The summed E-state index contributed by atoms with van der Waals surface area (Å²) in [7, 11) is 0. The van der Waals surface area contributed by atoms with Crippen LogP contribution in [0.1, 0.15) is 24.5 Å². The number of aryl methyl sites for hydroxylation is 1. The Kier molecular flexibility index (Phi) is 4.14. The molecular weight excluding hydrogens is 188 g/mol. The maximum absolute atomic E-state index is 8.80. The van der Waals surface area contributed by atoms with Gasteiger partial charge in [-0.1, -0.05) is 24.6 Å². The molecule has 0 saturated carbocycles. The van der Waals surface area contributed by atoms with E-state index in [0.29, 0.717) is 13.0 Å². The minimum Gasteiger partial charge on any atom is -0.475 e. The molecule has 15 heavy (non-hydrogen) atoms. The lowest BCUT2D eigenvalue weighted by Gasteiger charge is -2.14. The first-order valence-electron chi connectivity index (χ1n) is 5.07. The molecule has 3 heteroatoms. The molecule has 0 bridgehead atoms. The molecular formula is C12H16N2O. The summed E-state index contributed by atoms with van der Waals surface area (Å²) in [5.74, 6) is 0.719. The van der Waals surface area contributed by atoms with Gasteiger partial charge in [0.05, 0.1) is 0 Å². The Morgan fingerprint density at radius 1 is 1.53 bits per heavy atom. The van der Waals surface area contributed by atoms with Gasteiger partial charge in [0.1, 0.15) is 11.8 Å². The van der Waals surface area contributed by atoms with Crippen LogP contribution in [-0.2, 0) is 6.54 Å². The van der Waals surface area contributed by atoms with Gasteiger partial charge in [0.25, 0.3) is 0 Å². The van der Waals surface area contributed by atoms with Crippen LogP contribution in [0.4, 0.5) is 0 Å². The zero-order valence-corrected chi connectivity index (χ0v) is 9.16. The summed E-state index contributed by atoms with van der Waals surface area (Å²) in [6, 6.07) is 7.92. The van der Waals surface area contributed by atoms with E-state index in [-0.39, 0.29) is 0 Å². The number of nitriles is 1. The lowest BCUT2D eigenvalue weighted by molar-refractivity contribution is 0.249. The van der Waals surface area contributed by atoms with Gasteiger partial charge in [0.2, 0.25) is 0 Å². The molecule has 0 aliphatic rings. The molecule has 2 N–H and O–H groups in total. The highest BCUT2D eigenvalue weighted by atomic mass is 16.5. The van der Waals surface area contributed by atoms with E-state index in [4.69, 9.17) is 15.7 Å². The standard InChI is InChI=1S/C12H16N2O/c1-3-11(8-14)15-12-5-4-9(2)6-10(12)7-13/h4-6,11H,3,7,13H2,1-2H3. The van der Waals surface area contributed by atoms with Crippen LogP contribution >= 0.6 is 0 Å². The maximum atomic E-state index is 8.80. The molecule has 3 nitrogen and oxygen atoms in total. The molecule has 0 heterocycles. The molecule has 1 unspecified atom stereocenters. The lowest BCUT2D eigenvalue weighted by Crippen LogP contribution is -2.14. The number of nitrogens with two attached hydrogens (primary N) is 1. The van der Waals surface area contributed by atoms with E-state index in [1.54, 1.807) is 0 Å². The molecule has 0 aromatic heterocycles. The second-order valence-electron chi connectivity index (χ2n) is 3.46. The van der Waals surface area contributed by atoms with Gasteiger partial charge < -0.3 is 10.5 Å². The van der Waals surface area contributed by atoms with Gasteiger partial charge in [0.15, 0.2) is 6.10 Å². The van der Waals surface area contributed by atoms with Crippen molar-refractivity contribution in [2.75, 3.05) is 0 Å². The first-order chi connectivity index (χ1) is 7.21. The van der Waals surface area contributed by atoms with Gasteiger partial charge in [0, 0.05) is 12.1 Å². The number of nitrogens with zero attached hydrogens (tertiary/aromatic N) is 1. The average molecular weight is 204 g/mol. The molecule has 0 radical (unpaired) electrons. The predicted octanol–water partition coefficient (Wildman–Crippen LogP) is 2.13. The van der Waals surface area contributed by atoms with E-state index in [0.717, 1.165) is 16.9 Å². The summed E-state index contributed by atoms with van der Waals surface area (Å²) in [5.41, 5.74) is 7.71. The van der Waals surface area contributed by atoms with Crippen molar-refractivity contribution in [3.05, 3.63) is 29.3 Å². The van der Waals surface area contributed by atoms with Crippen LogP contribution < -0.4 is 10.5 Å². The van der Waals surface area contributed by atoms with Gasteiger partial charge in [-0.05, 0) is 19.4 Å². The third-order valence-electron chi connectivity index (χ3n) is 2.22. The van der Waals surface area contributed by atoms with Crippen molar-refractivity contribution in [1.82, 2.24) is 0 Å². The molecule has 0 saturated heterocycles. The Balaban J connectivity index is 2.89. The Hall–Kier alpha value is -1.53. The van der Waals surface area contributed by atoms with Crippen LogP contribution in [0.25, 0.3) is 0 Å². The summed E-state index contributed by atoms with van der Waals surface area (Å²) < 4.78 is 5.55. The smallest absolute Gasteiger partial charge is 0.184 e. The number of hydrogen-bond acceptors (Lipinski definition) is 3. The summed E-state index contributed by atoms with van der Waals surface area (Å²) in [4.78, 5) is 0. The minimum atomic E-state index is -0.391. The van der Waals surface area contributed by atoms with E-state index in [1.165, 1.54) is 0 Å². The SMILES string of the molecule is CCC(C#N)Oc1ccc(C)cc1CN. The van der Waals surface area contributed by atoms with Crippen molar-refractivity contribution in [3.63, 3.8) is 0 Å². The van der Waals surface area contributed by atoms with Crippen molar-refractivity contribution < 1.29 is 4.74 Å². The normalized spacial score (nSPS) is 11.9. The number of benzene rings is 1.